The summed E-state index contributed by atoms with van der Waals surface area (Å²) in [5.41, 5.74) is 3.61. The van der Waals surface area contributed by atoms with Crippen LogP contribution < -0.4 is 15.4 Å². The van der Waals surface area contributed by atoms with E-state index in [-0.39, 0.29) is 12.3 Å². The van der Waals surface area contributed by atoms with Crippen molar-refractivity contribution in [1.29, 1.82) is 0 Å². The molecule has 0 atom stereocenters. The van der Waals surface area contributed by atoms with Crippen LogP contribution in [-0.2, 0) is 0 Å². The summed E-state index contributed by atoms with van der Waals surface area (Å²) in [6, 6.07) is 15.9. The number of ether oxygens (including phenoxy) is 1. The van der Waals surface area contributed by atoms with Crippen LogP contribution in [0, 0.1) is 0 Å². The van der Waals surface area contributed by atoms with Gasteiger partial charge in [-0.3, -0.25) is 9.89 Å². The highest BCUT2D eigenvalue weighted by Gasteiger charge is 2.19. The third-order valence-corrected chi connectivity index (χ3v) is 4.53. The number of ketones is 1. The lowest BCUT2D eigenvalue weighted by Crippen LogP contribution is -2.19. The van der Waals surface area contributed by atoms with Gasteiger partial charge in [-0.2, -0.15) is 5.10 Å². The van der Waals surface area contributed by atoms with Gasteiger partial charge in [0.2, 0.25) is 0 Å². The van der Waals surface area contributed by atoms with Gasteiger partial charge < -0.3 is 15.4 Å². The summed E-state index contributed by atoms with van der Waals surface area (Å²) in [5.74, 6) is 1.01. The maximum absolute atomic E-state index is 12.4. The van der Waals surface area contributed by atoms with Gasteiger partial charge in [0.25, 0.3) is 0 Å². The summed E-state index contributed by atoms with van der Waals surface area (Å²) in [5, 5.41) is 13.6. The molecule has 2 aromatic heterocycles. The van der Waals surface area contributed by atoms with Gasteiger partial charge in [0, 0.05) is 0 Å². The number of hydrogen-bond acceptors (Lipinski definition) is 7. The Kier molecular flexibility index (Phi) is 5.17. The van der Waals surface area contributed by atoms with Gasteiger partial charge in [-0.25, -0.2) is 9.97 Å². The number of aromatic nitrogens is 4. The first-order chi connectivity index (χ1) is 14.2. The molecule has 146 valence electrons. The van der Waals surface area contributed by atoms with Crippen LogP contribution in [0.1, 0.15) is 10.5 Å². The zero-order chi connectivity index (χ0) is 20.2. The molecule has 0 amide bonds. The molecule has 0 radical (unpaired) electrons. The van der Waals surface area contributed by atoms with Crippen molar-refractivity contribution in [2.75, 3.05) is 26.0 Å². The third-order valence-electron chi connectivity index (χ3n) is 4.53. The molecule has 0 unspecified atom stereocenters. The predicted molar refractivity (Wildman–Crippen MR) is 112 cm³/mol. The van der Waals surface area contributed by atoms with E-state index in [2.05, 4.69) is 30.8 Å². The van der Waals surface area contributed by atoms with Crippen molar-refractivity contribution in [2.24, 2.45) is 0 Å². The number of hydrogen-bond donors (Lipinski definition) is 3. The molecule has 0 spiro atoms. The van der Waals surface area contributed by atoms with E-state index >= 15 is 0 Å². The molecule has 0 bridgehead atoms. The van der Waals surface area contributed by atoms with Crippen LogP contribution in [0.3, 0.4) is 0 Å². The number of likely N-dealkylation sites (N-methyl/N-ethyl adjacent to an activating group) is 1. The second-order valence-electron chi connectivity index (χ2n) is 6.38. The van der Waals surface area contributed by atoms with E-state index < -0.39 is 0 Å². The molecular weight excluding hydrogens is 368 g/mol. The van der Waals surface area contributed by atoms with E-state index in [1.807, 2.05) is 48.5 Å². The minimum absolute atomic E-state index is 0.127. The Labute approximate surface area is 167 Å². The standard InChI is InChI=1S/C21H20N6O2/c1-22-11-16(28)19-18-20(23-12-24-21(18)27-26-19)25-15-10-14(8-9-17(15)29-2)13-6-4-3-5-7-13/h3-10,12,22H,11H2,1-2H3,(H2,23,24,25,26,27). The average Bonchev–Trinajstić information content (AvgIpc) is 3.20. The van der Waals surface area contributed by atoms with E-state index in [9.17, 15) is 4.79 Å². The fourth-order valence-electron chi connectivity index (χ4n) is 3.14. The Hall–Kier alpha value is -3.78. The number of methoxy groups -OCH3 is 1. The first-order valence-electron chi connectivity index (χ1n) is 9.08. The molecule has 0 aliphatic rings. The van der Waals surface area contributed by atoms with Gasteiger partial charge in [0.05, 0.1) is 24.7 Å². The Morgan fingerprint density at radius 1 is 1.10 bits per heavy atom. The fraction of sp³-hybridized carbons (Fsp3) is 0.143. The smallest absolute Gasteiger partial charge is 0.195 e. The molecule has 2 heterocycles. The van der Waals surface area contributed by atoms with E-state index in [0.29, 0.717) is 28.3 Å². The molecule has 3 N–H and O–H groups in total. The Balaban J connectivity index is 1.78. The SMILES string of the molecule is CNCC(=O)c1[nH]nc2ncnc(Nc3cc(-c4ccccc4)ccc3OC)c12. The number of carbonyl (C=O) groups is 1. The highest BCUT2D eigenvalue weighted by molar-refractivity contribution is 6.10. The first kappa shape index (κ1) is 18.6. The third kappa shape index (κ3) is 3.65. The Bertz CT molecular complexity index is 1160. The topological polar surface area (TPSA) is 105 Å². The van der Waals surface area contributed by atoms with Crippen LogP contribution in [0.5, 0.6) is 5.75 Å². The Morgan fingerprint density at radius 2 is 1.93 bits per heavy atom. The average molecular weight is 388 g/mol. The van der Waals surface area contributed by atoms with E-state index in [0.717, 1.165) is 16.8 Å². The lowest BCUT2D eigenvalue weighted by molar-refractivity contribution is 0.0990. The summed E-state index contributed by atoms with van der Waals surface area (Å²) in [6.07, 6.45) is 1.41. The van der Waals surface area contributed by atoms with Crippen molar-refractivity contribution >= 4 is 28.3 Å². The molecule has 0 aliphatic carbocycles. The number of nitrogens with zero attached hydrogens (tertiary/aromatic N) is 3. The van der Waals surface area contributed by atoms with Crippen molar-refractivity contribution in [2.45, 2.75) is 0 Å². The number of Topliss-reactive ketones (excluding diaryl/α,β-unsaturated/α-hetero) is 1. The molecule has 4 aromatic rings. The molecule has 2 aromatic carbocycles. The lowest BCUT2D eigenvalue weighted by atomic mass is 10.0. The van der Waals surface area contributed by atoms with Gasteiger partial charge in [-0.15, -0.1) is 0 Å². The minimum Gasteiger partial charge on any atom is -0.495 e. The highest BCUT2D eigenvalue weighted by atomic mass is 16.5. The van der Waals surface area contributed by atoms with Crippen LogP contribution in [0.4, 0.5) is 11.5 Å². The number of benzene rings is 2. The van der Waals surface area contributed by atoms with Crippen molar-refractivity contribution in [3.8, 4) is 16.9 Å². The van der Waals surface area contributed by atoms with Crippen LogP contribution in [0.2, 0.25) is 0 Å². The van der Waals surface area contributed by atoms with Gasteiger partial charge in [-0.05, 0) is 30.3 Å². The number of nitrogens with one attached hydrogen (secondary N) is 3. The second-order valence-corrected chi connectivity index (χ2v) is 6.38. The molecule has 4 rings (SSSR count). The van der Waals surface area contributed by atoms with Crippen molar-refractivity contribution in [3.63, 3.8) is 0 Å². The van der Waals surface area contributed by atoms with Crippen molar-refractivity contribution in [3.05, 3.63) is 60.6 Å². The van der Waals surface area contributed by atoms with E-state index in [1.165, 1.54) is 6.33 Å². The predicted octanol–water partition coefficient (Wildman–Crippen LogP) is 3.17. The first-order valence-corrected chi connectivity index (χ1v) is 9.08. The maximum Gasteiger partial charge on any atom is 0.195 e. The number of H-pyrrole nitrogens is 1. The zero-order valence-electron chi connectivity index (χ0n) is 16.1. The zero-order valence-corrected chi connectivity index (χ0v) is 16.1. The fourth-order valence-corrected chi connectivity index (χ4v) is 3.14. The number of fused-ring (bicyclic) bond motifs is 1. The molecule has 29 heavy (non-hydrogen) atoms. The van der Waals surface area contributed by atoms with E-state index in [1.54, 1.807) is 14.2 Å². The molecule has 0 aliphatic heterocycles. The summed E-state index contributed by atoms with van der Waals surface area (Å²) >= 11 is 0. The molecular formula is C21H20N6O2. The van der Waals surface area contributed by atoms with Crippen LogP contribution in [-0.4, -0.2) is 46.7 Å². The molecule has 0 fully saturated rings. The van der Waals surface area contributed by atoms with Gasteiger partial charge in [0.1, 0.15) is 23.6 Å². The minimum atomic E-state index is -0.127. The second kappa shape index (κ2) is 8.07. The van der Waals surface area contributed by atoms with Gasteiger partial charge >= 0.3 is 0 Å². The molecule has 0 saturated carbocycles. The lowest BCUT2D eigenvalue weighted by Gasteiger charge is -2.13. The quantitative estimate of drug-likeness (QED) is 0.418. The number of carbonyl (C=O) groups excluding carboxylic acids is 1. The van der Waals surface area contributed by atoms with Crippen molar-refractivity contribution < 1.29 is 9.53 Å². The van der Waals surface area contributed by atoms with Crippen LogP contribution >= 0.6 is 0 Å². The van der Waals surface area contributed by atoms with Crippen LogP contribution in [0.15, 0.2) is 54.9 Å². The summed E-state index contributed by atoms with van der Waals surface area (Å²) in [6.45, 7) is 0.179. The molecule has 0 saturated heterocycles. The summed E-state index contributed by atoms with van der Waals surface area (Å²) in [4.78, 5) is 20.9. The van der Waals surface area contributed by atoms with Crippen LogP contribution in [0.25, 0.3) is 22.2 Å². The van der Waals surface area contributed by atoms with Crippen molar-refractivity contribution in [1.82, 2.24) is 25.5 Å². The molecule has 8 heteroatoms. The Morgan fingerprint density at radius 3 is 2.69 bits per heavy atom. The molecule has 8 nitrogen and oxygen atoms in total. The normalized spacial score (nSPS) is 10.8. The summed E-state index contributed by atoms with van der Waals surface area (Å²) < 4.78 is 5.51. The maximum atomic E-state index is 12.4. The highest BCUT2D eigenvalue weighted by Crippen LogP contribution is 2.34. The number of rotatable bonds is 7. The van der Waals surface area contributed by atoms with Gasteiger partial charge in [0.15, 0.2) is 11.4 Å². The number of aromatic amines is 1. The monoisotopic (exact) mass is 388 g/mol. The summed E-state index contributed by atoms with van der Waals surface area (Å²) in [7, 11) is 3.32. The number of anilines is 2. The van der Waals surface area contributed by atoms with E-state index in [4.69, 9.17) is 4.74 Å². The van der Waals surface area contributed by atoms with Gasteiger partial charge in [-0.1, -0.05) is 36.4 Å². The largest absolute Gasteiger partial charge is 0.495 e.